The average Bonchev–Trinajstić information content (AvgIpc) is 2.66. The van der Waals surface area contributed by atoms with Gasteiger partial charge in [0.1, 0.15) is 0 Å². The lowest BCUT2D eigenvalue weighted by Crippen LogP contribution is -2.27. The summed E-state index contributed by atoms with van der Waals surface area (Å²) in [5, 5.41) is 3.76. The molecule has 0 atom stereocenters. The number of ether oxygens (including phenoxy) is 1. The van der Waals surface area contributed by atoms with E-state index in [9.17, 15) is 9.59 Å². The van der Waals surface area contributed by atoms with Crippen molar-refractivity contribution in [3.63, 3.8) is 0 Å². The summed E-state index contributed by atoms with van der Waals surface area (Å²) in [7, 11) is 1.57. The van der Waals surface area contributed by atoms with E-state index in [0.717, 1.165) is 5.56 Å². The van der Waals surface area contributed by atoms with Crippen LogP contribution >= 0.6 is 23.8 Å². The molecule has 3 aromatic rings. The highest BCUT2D eigenvalue weighted by Crippen LogP contribution is 2.17. The van der Waals surface area contributed by atoms with Gasteiger partial charge in [0, 0.05) is 24.2 Å². The molecular weight excluding hydrogens is 386 g/mol. The molecule has 3 rings (SSSR count). The van der Waals surface area contributed by atoms with Gasteiger partial charge in [-0.15, -0.1) is 0 Å². The lowest BCUT2D eigenvalue weighted by Gasteiger charge is -2.10. The van der Waals surface area contributed by atoms with Gasteiger partial charge in [-0.3, -0.25) is 14.2 Å². The van der Waals surface area contributed by atoms with Crippen LogP contribution < -0.4 is 10.9 Å². The molecule has 0 aliphatic carbocycles. The summed E-state index contributed by atoms with van der Waals surface area (Å²) in [6.45, 7) is 1.10. The minimum absolute atomic E-state index is 0.236. The minimum atomic E-state index is -0.242. The number of fused-ring (bicyclic) bond motifs is 1. The fraction of sp³-hybridized carbons (Fsp3) is 0.211. The monoisotopic (exact) mass is 403 g/mol. The molecule has 0 aliphatic rings. The van der Waals surface area contributed by atoms with Crippen LogP contribution in [-0.2, 0) is 11.3 Å². The van der Waals surface area contributed by atoms with Gasteiger partial charge in [-0.05, 0) is 42.0 Å². The Kier molecular flexibility index (Phi) is 6.05. The second kappa shape index (κ2) is 8.47. The maximum Gasteiger partial charge on any atom is 0.262 e. The second-order valence-corrected chi connectivity index (χ2v) is 6.72. The normalized spacial score (nSPS) is 10.9. The van der Waals surface area contributed by atoms with E-state index in [-0.39, 0.29) is 22.8 Å². The Balaban J connectivity index is 1.97. The van der Waals surface area contributed by atoms with E-state index >= 15 is 0 Å². The predicted octanol–water partition coefficient (Wildman–Crippen LogP) is 3.14. The van der Waals surface area contributed by atoms with Crippen molar-refractivity contribution in [2.45, 2.75) is 6.54 Å². The van der Waals surface area contributed by atoms with Crippen molar-refractivity contribution in [1.82, 2.24) is 14.9 Å². The smallest absolute Gasteiger partial charge is 0.262 e. The highest BCUT2D eigenvalue weighted by molar-refractivity contribution is 7.71. The van der Waals surface area contributed by atoms with Crippen molar-refractivity contribution in [2.24, 2.45) is 0 Å². The van der Waals surface area contributed by atoms with Crippen LogP contribution in [0, 0.1) is 4.77 Å². The van der Waals surface area contributed by atoms with Gasteiger partial charge in [0.2, 0.25) is 0 Å². The second-order valence-electron chi connectivity index (χ2n) is 5.92. The third-order valence-corrected chi connectivity index (χ3v) is 4.81. The zero-order valence-corrected chi connectivity index (χ0v) is 16.2. The highest BCUT2D eigenvalue weighted by Gasteiger charge is 2.11. The van der Waals surface area contributed by atoms with Crippen LogP contribution in [0.25, 0.3) is 10.9 Å². The Bertz CT molecular complexity index is 1110. The topological polar surface area (TPSA) is 76.1 Å². The summed E-state index contributed by atoms with van der Waals surface area (Å²) in [5.41, 5.74) is 1.52. The van der Waals surface area contributed by atoms with E-state index in [1.54, 1.807) is 31.4 Å². The maximum atomic E-state index is 12.9. The first-order valence-corrected chi connectivity index (χ1v) is 9.07. The van der Waals surface area contributed by atoms with Crippen LogP contribution in [0.5, 0.6) is 0 Å². The molecule has 8 heteroatoms. The van der Waals surface area contributed by atoms with E-state index in [4.69, 9.17) is 28.6 Å². The number of methoxy groups -OCH3 is 1. The van der Waals surface area contributed by atoms with Crippen LogP contribution in [0.3, 0.4) is 0 Å². The standard InChI is InChI=1S/C19H18ClN3O3S/c1-26-9-8-21-17(24)12-6-7-14-16(10-12)22-19(27)23(18(14)25)11-13-4-2-3-5-15(13)20/h2-7,10H,8-9,11H2,1H3,(H,21,24)(H,22,27). The molecule has 0 unspecified atom stereocenters. The van der Waals surface area contributed by atoms with Gasteiger partial charge >= 0.3 is 0 Å². The SMILES string of the molecule is COCCNC(=O)c1ccc2c(=O)n(Cc3ccccc3Cl)c(=S)[nH]c2c1. The summed E-state index contributed by atoms with van der Waals surface area (Å²) >= 11 is 11.5. The molecule has 2 aromatic carbocycles. The molecule has 0 saturated heterocycles. The van der Waals surface area contributed by atoms with Crippen LogP contribution in [-0.4, -0.2) is 35.7 Å². The number of hydrogen-bond acceptors (Lipinski definition) is 4. The van der Waals surface area contributed by atoms with E-state index < -0.39 is 0 Å². The van der Waals surface area contributed by atoms with Gasteiger partial charge < -0.3 is 15.0 Å². The Morgan fingerprint density at radius 1 is 1.30 bits per heavy atom. The molecule has 1 heterocycles. The number of nitrogens with one attached hydrogen (secondary N) is 2. The van der Waals surface area contributed by atoms with Gasteiger partial charge in [-0.2, -0.15) is 0 Å². The summed E-state index contributed by atoms with van der Waals surface area (Å²) in [6, 6.07) is 12.2. The number of carbonyl (C=O) groups excluding carboxylic acids is 1. The quantitative estimate of drug-likeness (QED) is 0.489. The van der Waals surface area contributed by atoms with Crippen molar-refractivity contribution in [1.29, 1.82) is 0 Å². The maximum absolute atomic E-state index is 12.9. The average molecular weight is 404 g/mol. The van der Waals surface area contributed by atoms with E-state index in [1.165, 1.54) is 4.57 Å². The fourth-order valence-electron chi connectivity index (χ4n) is 2.70. The number of H-pyrrole nitrogens is 1. The Labute approximate surface area is 165 Å². The lowest BCUT2D eigenvalue weighted by atomic mass is 10.1. The molecule has 0 spiro atoms. The molecule has 2 N–H and O–H groups in total. The van der Waals surface area contributed by atoms with Gasteiger partial charge in [0.05, 0.1) is 24.1 Å². The highest BCUT2D eigenvalue weighted by atomic mass is 35.5. The van der Waals surface area contributed by atoms with Gasteiger partial charge in [-0.25, -0.2) is 0 Å². The molecular formula is C19H18ClN3O3S. The molecule has 0 bridgehead atoms. The number of hydrogen-bond donors (Lipinski definition) is 2. The first-order valence-electron chi connectivity index (χ1n) is 8.28. The third-order valence-electron chi connectivity index (χ3n) is 4.12. The van der Waals surface area contributed by atoms with E-state index in [0.29, 0.717) is 34.6 Å². The van der Waals surface area contributed by atoms with Crippen LogP contribution in [0.4, 0.5) is 0 Å². The molecule has 0 fully saturated rings. The Morgan fingerprint density at radius 2 is 2.07 bits per heavy atom. The minimum Gasteiger partial charge on any atom is -0.383 e. The van der Waals surface area contributed by atoms with Crippen molar-refractivity contribution >= 4 is 40.6 Å². The molecule has 6 nitrogen and oxygen atoms in total. The molecule has 0 radical (unpaired) electrons. The van der Waals surface area contributed by atoms with Crippen LogP contribution in [0.2, 0.25) is 5.02 Å². The van der Waals surface area contributed by atoms with E-state index in [2.05, 4.69) is 10.3 Å². The molecule has 0 saturated carbocycles. The fourth-order valence-corrected chi connectivity index (χ4v) is 3.16. The first kappa shape index (κ1) is 19.3. The molecule has 1 amide bonds. The summed E-state index contributed by atoms with van der Waals surface area (Å²) in [5.74, 6) is -0.242. The number of aromatic amines is 1. The van der Waals surface area contributed by atoms with Gasteiger partial charge in [0.15, 0.2) is 4.77 Å². The van der Waals surface area contributed by atoms with Crippen molar-refractivity contribution in [3.05, 3.63) is 73.7 Å². The molecule has 140 valence electrons. The van der Waals surface area contributed by atoms with Crippen molar-refractivity contribution in [2.75, 3.05) is 20.3 Å². The number of nitrogens with zero attached hydrogens (tertiary/aromatic N) is 1. The zero-order valence-electron chi connectivity index (χ0n) is 14.6. The third kappa shape index (κ3) is 4.27. The summed E-state index contributed by atoms with van der Waals surface area (Å²) in [4.78, 5) is 28.1. The van der Waals surface area contributed by atoms with Crippen molar-refractivity contribution < 1.29 is 9.53 Å². The number of halogens is 1. The molecule has 27 heavy (non-hydrogen) atoms. The van der Waals surface area contributed by atoms with Crippen LogP contribution in [0.15, 0.2) is 47.3 Å². The summed E-state index contributed by atoms with van der Waals surface area (Å²) in [6.07, 6.45) is 0. The Hall–Kier alpha value is -2.48. The summed E-state index contributed by atoms with van der Waals surface area (Å²) < 4.78 is 6.64. The van der Waals surface area contributed by atoms with E-state index in [1.807, 2.05) is 18.2 Å². The largest absolute Gasteiger partial charge is 0.383 e. The number of aromatic nitrogens is 2. The van der Waals surface area contributed by atoms with Gasteiger partial charge in [-0.1, -0.05) is 29.8 Å². The number of carbonyl (C=O) groups is 1. The lowest BCUT2D eigenvalue weighted by molar-refractivity contribution is 0.0937. The molecule has 1 aromatic heterocycles. The number of amides is 1. The Morgan fingerprint density at radius 3 is 2.81 bits per heavy atom. The van der Waals surface area contributed by atoms with Gasteiger partial charge in [0.25, 0.3) is 11.5 Å². The first-order chi connectivity index (χ1) is 13.0. The van der Waals surface area contributed by atoms with Crippen LogP contribution in [0.1, 0.15) is 15.9 Å². The zero-order chi connectivity index (χ0) is 19.4. The number of rotatable bonds is 6. The molecule has 0 aliphatic heterocycles. The predicted molar refractivity (Wildman–Crippen MR) is 108 cm³/mol. The number of benzene rings is 2. The van der Waals surface area contributed by atoms with Crippen molar-refractivity contribution in [3.8, 4) is 0 Å².